The van der Waals surface area contributed by atoms with Gasteiger partial charge in [0.1, 0.15) is 23.7 Å². The standard InChI is InChI=1S/C45H57N5O9/c1-31(2)41(46)40(51)29-33(9-8-24-48-43(47)53)42(52)50-37-18-12-32(13-19-37)30-58-44(54)49-25-26-57-27-28-59-45(34-10-6-5-7-11-34,35-14-20-38(55-3)21-15-35)36-16-22-39(56-4)23-17-36/h5-7,10-23,31,33,41H,8-9,24-30,46H2,1-4H3,(H,49,54)(H,50,52)(H3,47,48,53)/t33-,41+/m1/s1. The largest absolute Gasteiger partial charge is 0.497 e. The fraction of sp³-hybridized carbons (Fsp3) is 0.378. The molecule has 4 aromatic carbocycles. The topological polar surface area (TPSA) is 203 Å². The Morgan fingerprint density at radius 3 is 1.86 bits per heavy atom. The van der Waals surface area contributed by atoms with E-state index in [0.717, 1.165) is 28.2 Å². The first-order valence-corrected chi connectivity index (χ1v) is 19.6. The predicted octanol–water partition coefficient (Wildman–Crippen LogP) is 5.90. The van der Waals surface area contributed by atoms with E-state index in [4.69, 9.17) is 35.2 Å². The van der Waals surface area contributed by atoms with Crippen molar-refractivity contribution in [2.24, 2.45) is 23.3 Å². The lowest BCUT2D eigenvalue weighted by Crippen LogP contribution is -2.38. The van der Waals surface area contributed by atoms with Gasteiger partial charge in [0, 0.05) is 31.1 Å². The lowest BCUT2D eigenvalue weighted by molar-refractivity contribution is -0.127. The molecule has 14 heteroatoms. The summed E-state index contributed by atoms with van der Waals surface area (Å²) in [7, 11) is 3.26. The van der Waals surface area contributed by atoms with Crippen LogP contribution >= 0.6 is 0 Å². The molecule has 0 aromatic heterocycles. The monoisotopic (exact) mass is 811 g/mol. The number of carbonyl (C=O) groups excluding carboxylic acids is 4. The molecule has 0 radical (unpaired) electrons. The Bertz CT molecular complexity index is 1860. The zero-order valence-electron chi connectivity index (χ0n) is 34.2. The minimum Gasteiger partial charge on any atom is -0.497 e. The summed E-state index contributed by atoms with van der Waals surface area (Å²) in [6.07, 6.45) is 0.177. The van der Waals surface area contributed by atoms with Crippen LogP contribution in [0.4, 0.5) is 15.3 Å². The summed E-state index contributed by atoms with van der Waals surface area (Å²) in [5.74, 6) is 0.206. The van der Waals surface area contributed by atoms with Crippen molar-refractivity contribution >= 4 is 29.5 Å². The SMILES string of the molecule is COc1ccc(C(OCCOCCNC(=O)OCc2ccc(NC(=O)[C@H](CCCNC(N)=O)CC(=O)[C@@H](N)C(C)C)cc2)(c2ccccc2)c2ccc(OC)cc2)cc1. The predicted molar refractivity (Wildman–Crippen MR) is 225 cm³/mol. The molecule has 0 spiro atoms. The highest BCUT2D eigenvalue weighted by Gasteiger charge is 2.38. The molecule has 0 saturated carbocycles. The number of Topliss-reactive ketones (excluding diaryl/α,β-unsaturated/α-hetero) is 1. The Morgan fingerprint density at radius 1 is 0.712 bits per heavy atom. The molecule has 14 nitrogen and oxygen atoms in total. The van der Waals surface area contributed by atoms with Gasteiger partial charge in [-0.2, -0.15) is 0 Å². The fourth-order valence-electron chi connectivity index (χ4n) is 6.42. The number of nitrogens with one attached hydrogen (secondary N) is 3. The van der Waals surface area contributed by atoms with Crippen LogP contribution in [0.3, 0.4) is 0 Å². The van der Waals surface area contributed by atoms with E-state index in [2.05, 4.69) is 16.0 Å². The van der Waals surface area contributed by atoms with Gasteiger partial charge in [-0.1, -0.05) is 80.6 Å². The van der Waals surface area contributed by atoms with E-state index >= 15 is 0 Å². The number of ketones is 1. The highest BCUT2D eigenvalue weighted by atomic mass is 16.6. The second kappa shape index (κ2) is 23.4. The van der Waals surface area contributed by atoms with E-state index in [1.54, 1.807) is 38.5 Å². The molecular formula is C45H57N5O9. The van der Waals surface area contributed by atoms with Crippen LogP contribution in [0.1, 0.15) is 55.4 Å². The normalized spacial score (nSPS) is 12.2. The second-order valence-corrected chi connectivity index (χ2v) is 14.2. The first-order chi connectivity index (χ1) is 28.5. The number of nitrogens with two attached hydrogens (primary N) is 2. The number of primary amides is 1. The Morgan fingerprint density at radius 2 is 1.31 bits per heavy atom. The quantitative estimate of drug-likeness (QED) is 0.0419. The molecule has 4 rings (SSSR count). The van der Waals surface area contributed by atoms with Gasteiger partial charge in [0.15, 0.2) is 5.78 Å². The first kappa shape index (κ1) is 45.7. The van der Waals surface area contributed by atoms with Crippen molar-refractivity contribution in [1.29, 1.82) is 0 Å². The summed E-state index contributed by atoms with van der Waals surface area (Å²) < 4.78 is 28.8. The number of urea groups is 1. The van der Waals surface area contributed by atoms with Gasteiger partial charge in [0.25, 0.3) is 0 Å². The van der Waals surface area contributed by atoms with Gasteiger partial charge < -0.3 is 51.1 Å². The van der Waals surface area contributed by atoms with Crippen molar-refractivity contribution < 1.29 is 42.9 Å². The summed E-state index contributed by atoms with van der Waals surface area (Å²) >= 11 is 0. The van der Waals surface area contributed by atoms with Crippen LogP contribution in [0.2, 0.25) is 0 Å². The van der Waals surface area contributed by atoms with E-state index < -0.39 is 29.7 Å². The number of amides is 4. The Hall–Kier alpha value is -5.96. The molecule has 0 aliphatic rings. The number of carbonyl (C=O) groups is 4. The van der Waals surface area contributed by atoms with Gasteiger partial charge in [-0.25, -0.2) is 9.59 Å². The molecule has 59 heavy (non-hydrogen) atoms. The van der Waals surface area contributed by atoms with Gasteiger partial charge in [-0.05, 0) is 77.4 Å². The Balaban J connectivity index is 1.25. The third-order valence-electron chi connectivity index (χ3n) is 9.76. The first-order valence-electron chi connectivity index (χ1n) is 19.6. The van der Waals surface area contributed by atoms with Gasteiger partial charge in [-0.3, -0.25) is 9.59 Å². The molecule has 0 saturated heterocycles. The molecule has 4 amide bonds. The molecule has 0 fully saturated rings. The minimum absolute atomic E-state index is 0.00409. The zero-order valence-corrected chi connectivity index (χ0v) is 34.2. The van der Waals surface area contributed by atoms with Crippen LogP contribution in [0.25, 0.3) is 0 Å². The van der Waals surface area contributed by atoms with Crippen molar-refractivity contribution in [2.75, 3.05) is 52.4 Å². The summed E-state index contributed by atoms with van der Waals surface area (Å²) in [6.45, 7) is 4.93. The Labute approximate surface area is 346 Å². The van der Waals surface area contributed by atoms with Crippen molar-refractivity contribution in [1.82, 2.24) is 10.6 Å². The highest BCUT2D eigenvalue weighted by Crippen LogP contribution is 2.41. The molecule has 2 atom stereocenters. The van der Waals surface area contributed by atoms with Gasteiger partial charge in [0.2, 0.25) is 5.91 Å². The van der Waals surface area contributed by atoms with Crippen LogP contribution < -0.4 is 36.9 Å². The molecule has 0 aliphatic carbocycles. The molecule has 0 aliphatic heterocycles. The molecule has 7 N–H and O–H groups in total. The molecule has 0 heterocycles. The van der Waals surface area contributed by atoms with Crippen LogP contribution in [0.15, 0.2) is 103 Å². The second-order valence-electron chi connectivity index (χ2n) is 14.2. The zero-order chi connectivity index (χ0) is 42.6. The molecule has 0 bridgehead atoms. The van der Waals surface area contributed by atoms with Crippen molar-refractivity contribution in [3.63, 3.8) is 0 Å². The van der Waals surface area contributed by atoms with Crippen molar-refractivity contribution in [3.8, 4) is 11.5 Å². The van der Waals surface area contributed by atoms with E-state index in [1.807, 2.05) is 92.7 Å². The number of rotatable bonds is 24. The number of methoxy groups -OCH3 is 2. The van der Waals surface area contributed by atoms with Crippen LogP contribution in [0.5, 0.6) is 11.5 Å². The smallest absolute Gasteiger partial charge is 0.407 e. The maximum absolute atomic E-state index is 13.2. The van der Waals surface area contributed by atoms with Crippen molar-refractivity contribution in [2.45, 2.75) is 51.4 Å². The fourth-order valence-corrected chi connectivity index (χ4v) is 6.42. The third kappa shape index (κ3) is 13.8. The number of hydrogen-bond acceptors (Lipinski definition) is 10. The summed E-state index contributed by atoms with van der Waals surface area (Å²) in [4.78, 5) is 49.4. The van der Waals surface area contributed by atoms with E-state index in [9.17, 15) is 19.2 Å². The lowest BCUT2D eigenvalue weighted by atomic mass is 9.80. The third-order valence-corrected chi connectivity index (χ3v) is 9.76. The van der Waals surface area contributed by atoms with E-state index in [-0.39, 0.29) is 63.5 Å². The number of anilines is 1. The van der Waals surface area contributed by atoms with Crippen LogP contribution in [-0.2, 0) is 36.0 Å². The molecule has 4 aromatic rings. The maximum Gasteiger partial charge on any atom is 0.407 e. The van der Waals surface area contributed by atoms with Gasteiger partial charge >= 0.3 is 12.1 Å². The van der Waals surface area contributed by atoms with Gasteiger partial charge in [0.05, 0.1) is 40.1 Å². The average Bonchev–Trinajstić information content (AvgIpc) is 3.25. The molecule has 316 valence electrons. The van der Waals surface area contributed by atoms with Crippen LogP contribution in [-0.4, -0.2) is 77.0 Å². The van der Waals surface area contributed by atoms with Crippen molar-refractivity contribution in [3.05, 3.63) is 125 Å². The number of alkyl carbamates (subject to hydrolysis) is 1. The van der Waals surface area contributed by atoms with E-state index in [1.165, 1.54) is 0 Å². The number of ether oxygens (including phenoxy) is 5. The summed E-state index contributed by atoms with van der Waals surface area (Å²) in [5.41, 5.74) is 14.2. The van der Waals surface area contributed by atoms with E-state index in [0.29, 0.717) is 24.1 Å². The minimum atomic E-state index is -0.967. The number of hydrogen-bond donors (Lipinski definition) is 5. The maximum atomic E-state index is 13.2. The van der Waals surface area contributed by atoms with Gasteiger partial charge in [-0.15, -0.1) is 0 Å². The Kier molecular flexibility index (Phi) is 18.2. The molecule has 0 unspecified atom stereocenters. The summed E-state index contributed by atoms with van der Waals surface area (Å²) in [5, 5.41) is 8.04. The molecular weight excluding hydrogens is 755 g/mol. The number of benzene rings is 4. The summed E-state index contributed by atoms with van der Waals surface area (Å²) in [6, 6.07) is 31.0. The van der Waals surface area contributed by atoms with Crippen LogP contribution in [0, 0.1) is 11.8 Å². The average molecular weight is 812 g/mol. The lowest BCUT2D eigenvalue weighted by Gasteiger charge is -2.36. The highest BCUT2D eigenvalue weighted by molar-refractivity contribution is 5.96.